The first-order valence-corrected chi connectivity index (χ1v) is 18.9. The van der Waals surface area contributed by atoms with Crippen molar-refractivity contribution >= 4 is 51.1 Å². The molecule has 7 heteroatoms. The van der Waals surface area contributed by atoms with E-state index in [0.717, 1.165) is 66.0 Å². The molecule has 0 bridgehead atoms. The summed E-state index contributed by atoms with van der Waals surface area (Å²) in [7, 11) is -3.43. The highest BCUT2D eigenvalue weighted by Gasteiger charge is 2.43. The third-order valence-electron chi connectivity index (χ3n) is 9.82. The normalized spacial score (nSPS) is 15.0. The number of fused-ring (bicyclic) bond motifs is 6. The molecule has 2 aromatic heterocycles. The van der Waals surface area contributed by atoms with E-state index in [1.54, 1.807) is 0 Å². The Bertz CT molecular complexity index is 2760. The molecule has 246 valence electrons. The predicted molar refractivity (Wildman–Crippen MR) is 212 cm³/mol. The Balaban J connectivity index is 1.32. The second-order valence-electron chi connectivity index (χ2n) is 12.8. The minimum atomic E-state index is -3.43. The Morgan fingerprint density at radius 3 is 1.69 bits per heavy atom. The van der Waals surface area contributed by atoms with E-state index in [0.29, 0.717) is 17.6 Å². The van der Waals surface area contributed by atoms with Gasteiger partial charge < -0.3 is 0 Å². The summed E-state index contributed by atoms with van der Waals surface area (Å²) in [6, 6.07) is 60.9. The van der Waals surface area contributed by atoms with E-state index in [4.69, 9.17) is 15.0 Å². The van der Waals surface area contributed by atoms with E-state index in [2.05, 4.69) is 45.6 Å². The van der Waals surface area contributed by atoms with Crippen molar-refractivity contribution < 1.29 is 4.57 Å². The molecule has 0 saturated carbocycles. The van der Waals surface area contributed by atoms with Crippen LogP contribution in [-0.2, 0) is 4.57 Å². The van der Waals surface area contributed by atoms with Crippen LogP contribution in [0, 0.1) is 0 Å². The van der Waals surface area contributed by atoms with E-state index < -0.39 is 7.29 Å². The van der Waals surface area contributed by atoms with E-state index in [9.17, 15) is 0 Å². The van der Waals surface area contributed by atoms with Crippen molar-refractivity contribution in [2.45, 2.75) is 0 Å². The number of aromatic nitrogens is 4. The lowest BCUT2D eigenvalue weighted by molar-refractivity contribution is 0.587. The van der Waals surface area contributed by atoms with Gasteiger partial charge in [0.1, 0.15) is 0 Å². The van der Waals surface area contributed by atoms with E-state index >= 15 is 4.57 Å². The van der Waals surface area contributed by atoms with Gasteiger partial charge in [0.25, 0.3) is 0 Å². The fourth-order valence-electron chi connectivity index (χ4n) is 7.49. The largest absolute Gasteiger partial charge is 0.289 e. The molecule has 1 unspecified atom stereocenters. The minimum Gasteiger partial charge on any atom is -0.289 e. The Kier molecular flexibility index (Phi) is 6.98. The zero-order chi connectivity index (χ0) is 34.6. The van der Waals surface area contributed by atoms with E-state index in [-0.39, 0.29) is 0 Å². The summed E-state index contributed by atoms with van der Waals surface area (Å²) in [5.41, 5.74) is 7.36. The molecule has 3 heterocycles. The lowest BCUT2D eigenvalue weighted by Gasteiger charge is -2.40. The fourth-order valence-corrected chi connectivity index (χ4v) is 10.5. The Hall–Kier alpha value is -6.62. The fraction of sp³-hybridized carbons (Fsp3) is 0. The molecular weight excluding hydrogens is 658 g/mol. The van der Waals surface area contributed by atoms with Crippen molar-refractivity contribution in [1.29, 1.82) is 0 Å². The molecule has 0 saturated heterocycles. The van der Waals surface area contributed by atoms with Crippen LogP contribution in [0.25, 0.3) is 61.7 Å². The molecule has 0 N–H and O–H groups in total. The van der Waals surface area contributed by atoms with Gasteiger partial charge in [0.2, 0.25) is 13.2 Å². The topological polar surface area (TPSA) is 63.9 Å². The van der Waals surface area contributed by atoms with Crippen LogP contribution in [0.4, 0.5) is 11.4 Å². The van der Waals surface area contributed by atoms with Crippen LogP contribution in [-0.4, -0.2) is 19.5 Å². The van der Waals surface area contributed by atoms with Crippen molar-refractivity contribution in [3.05, 3.63) is 182 Å². The highest BCUT2D eigenvalue weighted by molar-refractivity contribution is 7.80. The molecule has 0 amide bonds. The van der Waals surface area contributed by atoms with Crippen LogP contribution < -0.4 is 15.3 Å². The monoisotopic (exact) mass is 687 g/mol. The molecule has 1 aliphatic heterocycles. The summed E-state index contributed by atoms with van der Waals surface area (Å²) in [5.74, 6) is 1.68. The maximum atomic E-state index is 16.1. The zero-order valence-electron chi connectivity index (χ0n) is 27.9. The third kappa shape index (κ3) is 4.65. The highest BCUT2D eigenvalue weighted by atomic mass is 31.2. The first-order valence-electron chi connectivity index (χ1n) is 17.2. The van der Waals surface area contributed by atoms with Crippen molar-refractivity contribution in [2.75, 3.05) is 4.67 Å². The first kappa shape index (κ1) is 30.2. The van der Waals surface area contributed by atoms with E-state index in [1.807, 2.05) is 146 Å². The number of anilines is 2. The molecule has 9 aromatic rings. The zero-order valence-corrected chi connectivity index (χ0v) is 28.8. The van der Waals surface area contributed by atoms with Gasteiger partial charge in [0.15, 0.2) is 11.6 Å². The molecular formula is C45H30N5OP. The standard InChI is InChI=1S/C45H30N5OP/c51-52(34-23-11-4-12-24-34)42-28-16-14-26-36(42)38-29-37-35-25-13-15-27-39(35)49(40(37)30-41(38)50(52)33-21-9-3-10-22-33)45-47-43(31-17-5-1-6-18-31)46-44(48-45)32-19-7-2-8-20-32/h1-30H. The number of hydrogen-bond acceptors (Lipinski definition) is 4. The van der Waals surface area contributed by atoms with E-state index in [1.165, 1.54) is 0 Å². The summed E-state index contributed by atoms with van der Waals surface area (Å²) in [6.45, 7) is 0. The van der Waals surface area contributed by atoms with Crippen molar-refractivity contribution in [3.63, 3.8) is 0 Å². The second kappa shape index (κ2) is 12.0. The molecule has 0 radical (unpaired) electrons. The summed E-state index contributed by atoms with van der Waals surface area (Å²) in [4.78, 5) is 15.3. The van der Waals surface area contributed by atoms with Crippen molar-refractivity contribution in [2.24, 2.45) is 0 Å². The smallest absolute Gasteiger partial charge is 0.238 e. The summed E-state index contributed by atoms with van der Waals surface area (Å²) < 4.78 is 20.3. The maximum absolute atomic E-state index is 16.1. The molecule has 0 aliphatic carbocycles. The number of para-hydroxylation sites is 2. The van der Waals surface area contributed by atoms with Crippen LogP contribution in [0.3, 0.4) is 0 Å². The van der Waals surface area contributed by atoms with Crippen LogP contribution >= 0.6 is 7.29 Å². The summed E-state index contributed by atoms with van der Waals surface area (Å²) >= 11 is 0. The van der Waals surface area contributed by atoms with Crippen molar-refractivity contribution in [1.82, 2.24) is 19.5 Å². The number of hydrogen-bond donors (Lipinski definition) is 0. The lowest BCUT2D eigenvalue weighted by Crippen LogP contribution is -2.33. The average molecular weight is 688 g/mol. The second-order valence-corrected chi connectivity index (χ2v) is 15.4. The molecule has 1 aliphatic rings. The maximum Gasteiger partial charge on any atom is 0.238 e. The molecule has 7 aromatic carbocycles. The molecule has 0 spiro atoms. The Morgan fingerprint density at radius 1 is 0.462 bits per heavy atom. The van der Waals surface area contributed by atoms with Gasteiger partial charge in [0.05, 0.1) is 16.7 Å². The number of nitrogens with zero attached hydrogens (tertiary/aromatic N) is 5. The predicted octanol–water partition coefficient (Wildman–Crippen LogP) is 10.4. The molecule has 10 rings (SSSR count). The van der Waals surface area contributed by atoms with Gasteiger partial charge in [0, 0.05) is 43.8 Å². The first-order chi connectivity index (χ1) is 25.7. The minimum absolute atomic E-state index is 0.507. The Morgan fingerprint density at radius 2 is 1.02 bits per heavy atom. The lowest BCUT2D eigenvalue weighted by atomic mass is 9.99. The van der Waals surface area contributed by atoms with Gasteiger partial charge >= 0.3 is 0 Å². The average Bonchev–Trinajstić information content (AvgIpc) is 3.55. The van der Waals surface area contributed by atoms with Crippen molar-refractivity contribution in [3.8, 4) is 39.9 Å². The third-order valence-corrected chi connectivity index (χ3v) is 12.9. The van der Waals surface area contributed by atoms with Gasteiger partial charge in [-0.2, -0.15) is 9.97 Å². The van der Waals surface area contributed by atoms with Gasteiger partial charge in [-0.25, -0.2) is 4.98 Å². The SMILES string of the molecule is O=P1(c2ccccc2)c2ccccc2-c2cc3c4ccccc4n(-c4nc(-c5ccccc5)nc(-c5ccccc5)n4)c3cc2N1c1ccccc1. The van der Waals surface area contributed by atoms with Gasteiger partial charge in [-0.1, -0.05) is 133 Å². The van der Waals surface area contributed by atoms with Crippen LogP contribution in [0.5, 0.6) is 0 Å². The van der Waals surface area contributed by atoms with Crippen LogP contribution in [0.1, 0.15) is 0 Å². The molecule has 6 nitrogen and oxygen atoms in total. The number of rotatable bonds is 5. The highest BCUT2D eigenvalue weighted by Crippen LogP contribution is 2.61. The Labute approximate surface area is 300 Å². The quantitative estimate of drug-likeness (QED) is 0.169. The molecule has 1 atom stereocenters. The van der Waals surface area contributed by atoms with Crippen LogP contribution in [0.15, 0.2) is 182 Å². The van der Waals surface area contributed by atoms with Crippen LogP contribution in [0.2, 0.25) is 0 Å². The van der Waals surface area contributed by atoms with Gasteiger partial charge in [-0.3, -0.25) is 13.8 Å². The summed E-state index contributed by atoms with van der Waals surface area (Å²) in [6.07, 6.45) is 0. The van der Waals surface area contributed by atoms with Gasteiger partial charge in [-0.15, -0.1) is 0 Å². The summed E-state index contributed by atoms with van der Waals surface area (Å²) in [5, 5.41) is 3.72. The molecule has 0 fully saturated rings. The van der Waals surface area contributed by atoms with Gasteiger partial charge in [-0.05, 0) is 54.1 Å². The number of benzene rings is 7. The molecule has 52 heavy (non-hydrogen) atoms.